The zero-order valence-electron chi connectivity index (χ0n) is 10.2. The van der Waals surface area contributed by atoms with Crippen molar-refractivity contribution in [3.8, 4) is 0 Å². The summed E-state index contributed by atoms with van der Waals surface area (Å²) in [4.78, 5) is 24.5. The Morgan fingerprint density at radius 2 is 2.06 bits per heavy atom. The van der Waals surface area contributed by atoms with Gasteiger partial charge in [0, 0.05) is 18.9 Å². The fourth-order valence-corrected chi connectivity index (χ4v) is 1.96. The summed E-state index contributed by atoms with van der Waals surface area (Å²) in [6, 6.07) is 0. The van der Waals surface area contributed by atoms with Crippen LogP contribution in [-0.2, 0) is 9.59 Å². The molecule has 1 aliphatic rings. The number of rotatable bonds is 6. The van der Waals surface area contributed by atoms with Gasteiger partial charge in [0.1, 0.15) is 0 Å². The van der Waals surface area contributed by atoms with Gasteiger partial charge in [0.2, 0.25) is 11.8 Å². The maximum atomic E-state index is 11.6. The van der Waals surface area contributed by atoms with Crippen LogP contribution in [0, 0.1) is 5.92 Å². The highest BCUT2D eigenvalue weighted by atomic mass is 16.2. The number of carbonyl (C=O) groups excluding carboxylic acids is 2. The highest BCUT2D eigenvalue weighted by molar-refractivity contribution is 6.03. The van der Waals surface area contributed by atoms with Crippen LogP contribution in [0.3, 0.4) is 0 Å². The quantitative estimate of drug-likeness (QED) is 0.394. The lowest BCUT2D eigenvalue weighted by Crippen LogP contribution is -2.31. The second-order valence-corrected chi connectivity index (χ2v) is 4.41. The molecule has 0 bridgehead atoms. The number of likely N-dealkylation sites (tertiary alicyclic amines) is 1. The minimum atomic E-state index is -0.101. The van der Waals surface area contributed by atoms with Crippen molar-refractivity contribution < 1.29 is 9.59 Å². The lowest BCUT2D eigenvalue weighted by molar-refractivity contribution is -0.139. The largest absolute Gasteiger partial charge is 0.282 e. The summed E-state index contributed by atoms with van der Waals surface area (Å²) in [7, 11) is 0. The monoisotopic (exact) mass is 223 g/mol. The van der Waals surface area contributed by atoms with Gasteiger partial charge in [-0.05, 0) is 26.2 Å². The van der Waals surface area contributed by atoms with E-state index in [1.807, 2.05) is 13.8 Å². The van der Waals surface area contributed by atoms with E-state index >= 15 is 0 Å². The first kappa shape index (κ1) is 12.9. The van der Waals surface area contributed by atoms with E-state index in [1.54, 1.807) is 0 Å². The van der Waals surface area contributed by atoms with Gasteiger partial charge >= 0.3 is 0 Å². The summed E-state index contributed by atoms with van der Waals surface area (Å²) in [5.74, 6) is -0.0834. The van der Waals surface area contributed by atoms with Crippen LogP contribution in [0.2, 0.25) is 0 Å². The molecule has 0 aliphatic carbocycles. The number of nitrogens with zero attached hydrogens (tertiary/aromatic N) is 1. The molecule has 1 atom stereocenters. The third-order valence-corrected chi connectivity index (χ3v) is 2.96. The van der Waals surface area contributed by atoms with Gasteiger partial charge in [-0.15, -0.1) is 0 Å². The average molecular weight is 223 g/mol. The molecule has 3 heteroatoms. The number of imide groups is 1. The van der Waals surface area contributed by atoms with Crippen LogP contribution in [0.4, 0.5) is 0 Å². The highest BCUT2D eigenvalue weighted by Crippen LogP contribution is 2.19. The van der Waals surface area contributed by atoms with E-state index in [-0.39, 0.29) is 17.7 Å². The van der Waals surface area contributed by atoms with Crippen LogP contribution in [0.1, 0.15) is 46.0 Å². The third-order valence-electron chi connectivity index (χ3n) is 2.96. The van der Waals surface area contributed by atoms with Gasteiger partial charge in [-0.25, -0.2) is 0 Å². The van der Waals surface area contributed by atoms with E-state index in [0.29, 0.717) is 13.0 Å². The summed E-state index contributed by atoms with van der Waals surface area (Å²) in [5.41, 5.74) is 0. The smallest absolute Gasteiger partial charge is 0.232 e. The third kappa shape index (κ3) is 3.47. The first-order chi connectivity index (χ1) is 7.66. The van der Waals surface area contributed by atoms with Gasteiger partial charge in [0.05, 0.1) is 0 Å². The molecule has 0 spiro atoms. The molecular weight excluding hydrogens is 202 g/mol. The number of hydrogen-bond donors (Lipinski definition) is 0. The van der Waals surface area contributed by atoms with E-state index in [1.165, 1.54) is 4.90 Å². The number of hydrogen-bond acceptors (Lipinski definition) is 2. The maximum Gasteiger partial charge on any atom is 0.232 e. The summed E-state index contributed by atoms with van der Waals surface area (Å²) in [6.07, 6.45) is 8.84. The van der Waals surface area contributed by atoms with E-state index in [0.717, 1.165) is 25.7 Å². The van der Waals surface area contributed by atoms with Crippen molar-refractivity contribution in [2.24, 2.45) is 5.92 Å². The van der Waals surface area contributed by atoms with Crippen LogP contribution in [0.5, 0.6) is 0 Å². The van der Waals surface area contributed by atoms with Crippen molar-refractivity contribution in [1.82, 2.24) is 4.90 Å². The van der Waals surface area contributed by atoms with Crippen molar-refractivity contribution in [2.45, 2.75) is 46.0 Å². The molecule has 0 aromatic carbocycles. The van der Waals surface area contributed by atoms with Crippen LogP contribution in [-0.4, -0.2) is 23.3 Å². The molecule has 1 heterocycles. The molecule has 0 unspecified atom stereocenters. The minimum Gasteiger partial charge on any atom is -0.282 e. The molecule has 1 rings (SSSR count). The molecule has 0 N–H and O–H groups in total. The van der Waals surface area contributed by atoms with Gasteiger partial charge in [-0.1, -0.05) is 25.5 Å². The van der Waals surface area contributed by atoms with E-state index < -0.39 is 0 Å². The van der Waals surface area contributed by atoms with E-state index in [9.17, 15) is 9.59 Å². The van der Waals surface area contributed by atoms with Gasteiger partial charge in [-0.2, -0.15) is 0 Å². The predicted octanol–water partition coefficient (Wildman–Crippen LogP) is 2.52. The van der Waals surface area contributed by atoms with Crippen molar-refractivity contribution >= 4 is 11.8 Å². The molecule has 0 aromatic rings. The molecule has 90 valence electrons. The lowest BCUT2D eigenvalue weighted by atomic mass is 10.1. The zero-order chi connectivity index (χ0) is 12.0. The van der Waals surface area contributed by atoms with E-state index in [2.05, 4.69) is 12.2 Å². The standard InChI is InChI=1S/C13H21NO2/c1-3-4-5-6-7-8-9-14-12(15)10-11(2)13(14)16/h3-4,11H,5-10H2,1-2H3/t11-/m1/s1. The summed E-state index contributed by atoms with van der Waals surface area (Å²) in [5, 5.41) is 0. The second-order valence-electron chi connectivity index (χ2n) is 4.41. The first-order valence-corrected chi connectivity index (χ1v) is 6.12. The first-order valence-electron chi connectivity index (χ1n) is 6.12. The Labute approximate surface area is 97.5 Å². The van der Waals surface area contributed by atoms with Crippen molar-refractivity contribution in [3.63, 3.8) is 0 Å². The van der Waals surface area contributed by atoms with Gasteiger partial charge in [0.25, 0.3) is 0 Å². The molecular formula is C13H21NO2. The topological polar surface area (TPSA) is 37.4 Å². The Morgan fingerprint density at radius 1 is 1.31 bits per heavy atom. The summed E-state index contributed by atoms with van der Waals surface area (Å²) in [6.45, 7) is 4.45. The Hall–Kier alpha value is -1.12. The molecule has 1 aliphatic heterocycles. The molecule has 0 saturated carbocycles. The normalized spacial score (nSPS) is 21.4. The van der Waals surface area contributed by atoms with Crippen molar-refractivity contribution in [3.05, 3.63) is 12.2 Å². The second kappa shape index (κ2) is 6.46. The Morgan fingerprint density at radius 3 is 2.62 bits per heavy atom. The molecule has 16 heavy (non-hydrogen) atoms. The van der Waals surface area contributed by atoms with Gasteiger partial charge < -0.3 is 0 Å². The Balaban J connectivity index is 2.18. The van der Waals surface area contributed by atoms with Crippen molar-refractivity contribution in [2.75, 3.05) is 6.54 Å². The zero-order valence-corrected chi connectivity index (χ0v) is 10.2. The summed E-state index contributed by atoms with van der Waals surface area (Å²) < 4.78 is 0. The fraction of sp³-hybridized carbons (Fsp3) is 0.692. The number of amides is 2. The Kier molecular flexibility index (Phi) is 5.23. The molecule has 2 amide bonds. The maximum absolute atomic E-state index is 11.6. The number of unbranched alkanes of at least 4 members (excludes halogenated alkanes) is 3. The molecule has 0 radical (unpaired) electrons. The number of carbonyl (C=O) groups is 2. The number of allylic oxidation sites excluding steroid dienone is 2. The predicted molar refractivity (Wildman–Crippen MR) is 63.8 cm³/mol. The lowest BCUT2D eigenvalue weighted by Gasteiger charge is -2.13. The average Bonchev–Trinajstić information content (AvgIpc) is 2.49. The SMILES string of the molecule is CC=CCCCCCN1C(=O)C[C@@H](C)C1=O. The van der Waals surface area contributed by atoms with Gasteiger partial charge in [0.15, 0.2) is 0 Å². The van der Waals surface area contributed by atoms with Crippen LogP contribution in [0.15, 0.2) is 12.2 Å². The minimum absolute atomic E-state index is 0.00551. The van der Waals surface area contributed by atoms with Crippen LogP contribution < -0.4 is 0 Å². The summed E-state index contributed by atoms with van der Waals surface area (Å²) >= 11 is 0. The van der Waals surface area contributed by atoms with Crippen LogP contribution >= 0.6 is 0 Å². The molecule has 1 saturated heterocycles. The van der Waals surface area contributed by atoms with Crippen molar-refractivity contribution in [1.29, 1.82) is 0 Å². The Bertz CT molecular complexity index is 284. The van der Waals surface area contributed by atoms with Crippen LogP contribution in [0.25, 0.3) is 0 Å². The molecule has 0 aromatic heterocycles. The van der Waals surface area contributed by atoms with Gasteiger partial charge in [-0.3, -0.25) is 14.5 Å². The van der Waals surface area contributed by atoms with E-state index in [4.69, 9.17) is 0 Å². The molecule has 1 fully saturated rings. The molecule has 3 nitrogen and oxygen atoms in total. The highest BCUT2D eigenvalue weighted by Gasteiger charge is 2.34. The fourth-order valence-electron chi connectivity index (χ4n) is 1.96.